The van der Waals surface area contributed by atoms with Crippen LogP contribution in [-0.4, -0.2) is 21.3 Å². The Morgan fingerprint density at radius 1 is 1.44 bits per heavy atom. The molecule has 0 saturated carbocycles. The van der Waals surface area contributed by atoms with Crippen molar-refractivity contribution in [3.63, 3.8) is 0 Å². The summed E-state index contributed by atoms with van der Waals surface area (Å²) in [5.74, 6) is -2.11. The summed E-state index contributed by atoms with van der Waals surface area (Å²) in [6.07, 6.45) is 0. The minimum atomic E-state index is -1.30. The number of carboxylic acids is 1. The average Bonchev–Trinajstić information content (AvgIpc) is 2.66. The van der Waals surface area contributed by atoms with Crippen LogP contribution in [0, 0.1) is 9.39 Å². The molecule has 82 valence electrons. The third kappa shape index (κ3) is 2.03. The van der Waals surface area contributed by atoms with Crippen LogP contribution in [0.5, 0.6) is 0 Å². The molecule has 1 heterocycles. The summed E-state index contributed by atoms with van der Waals surface area (Å²) in [6, 6.07) is 3.99. The highest BCUT2D eigenvalue weighted by Gasteiger charge is 2.16. The number of hydrogen-bond acceptors (Lipinski definition) is 4. The van der Waals surface area contributed by atoms with E-state index in [2.05, 4.69) is 10.2 Å². The summed E-state index contributed by atoms with van der Waals surface area (Å²) in [7, 11) is 0. The minimum Gasteiger partial charge on any atom is -0.474 e. The monoisotopic (exact) mass is 334 g/mol. The fourth-order valence-electron chi connectivity index (χ4n) is 1.08. The molecule has 0 amide bonds. The normalized spacial score (nSPS) is 10.4. The zero-order chi connectivity index (χ0) is 11.7. The van der Waals surface area contributed by atoms with Crippen molar-refractivity contribution in [3.05, 3.63) is 33.5 Å². The van der Waals surface area contributed by atoms with Crippen LogP contribution in [0.3, 0.4) is 0 Å². The third-order valence-corrected chi connectivity index (χ3v) is 2.66. The first-order valence-corrected chi connectivity index (χ1v) is 5.18. The van der Waals surface area contributed by atoms with Gasteiger partial charge in [-0.15, -0.1) is 10.2 Å². The van der Waals surface area contributed by atoms with Crippen LogP contribution in [-0.2, 0) is 0 Å². The summed E-state index contributed by atoms with van der Waals surface area (Å²) >= 11 is 1.90. The van der Waals surface area contributed by atoms with Gasteiger partial charge in [-0.1, -0.05) is 0 Å². The van der Waals surface area contributed by atoms with Crippen LogP contribution in [0.1, 0.15) is 10.7 Å². The van der Waals surface area contributed by atoms with Crippen LogP contribution in [0.2, 0.25) is 0 Å². The lowest BCUT2D eigenvalue weighted by molar-refractivity contribution is 0.0654. The van der Waals surface area contributed by atoms with E-state index in [9.17, 15) is 9.18 Å². The Morgan fingerprint density at radius 2 is 2.19 bits per heavy atom. The van der Waals surface area contributed by atoms with E-state index in [-0.39, 0.29) is 11.7 Å². The van der Waals surface area contributed by atoms with Crippen LogP contribution < -0.4 is 0 Å². The molecular formula is C9H4FIN2O3. The molecule has 0 aliphatic rings. The molecule has 5 nitrogen and oxygen atoms in total. The first-order valence-electron chi connectivity index (χ1n) is 4.10. The first-order chi connectivity index (χ1) is 7.58. The maximum Gasteiger partial charge on any atom is 0.393 e. The molecular weight excluding hydrogens is 330 g/mol. The Hall–Kier alpha value is -1.51. The van der Waals surface area contributed by atoms with Gasteiger partial charge in [0.05, 0.1) is 5.56 Å². The van der Waals surface area contributed by atoms with Gasteiger partial charge in [0.2, 0.25) is 5.89 Å². The Balaban J connectivity index is 2.46. The molecule has 1 aromatic heterocycles. The van der Waals surface area contributed by atoms with Gasteiger partial charge < -0.3 is 9.52 Å². The van der Waals surface area contributed by atoms with Crippen molar-refractivity contribution in [1.29, 1.82) is 0 Å². The van der Waals surface area contributed by atoms with Crippen molar-refractivity contribution in [3.8, 4) is 11.5 Å². The highest BCUT2D eigenvalue weighted by atomic mass is 127. The first kappa shape index (κ1) is 11.0. The van der Waals surface area contributed by atoms with Gasteiger partial charge in [-0.3, -0.25) is 0 Å². The SMILES string of the molecule is O=C(O)c1nnc(-c2ccc(F)cc2I)o1. The number of aromatic nitrogens is 2. The van der Waals surface area contributed by atoms with E-state index in [1.165, 1.54) is 18.2 Å². The molecule has 0 bridgehead atoms. The molecule has 0 aliphatic carbocycles. The van der Waals surface area contributed by atoms with Crippen molar-refractivity contribution in [1.82, 2.24) is 10.2 Å². The number of nitrogens with zero attached hydrogens (tertiary/aromatic N) is 2. The van der Waals surface area contributed by atoms with Crippen LogP contribution in [0.15, 0.2) is 22.6 Å². The van der Waals surface area contributed by atoms with Crippen LogP contribution >= 0.6 is 22.6 Å². The maximum absolute atomic E-state index is 12.8. The van der Waals surface area contributed by atoms with Gasteiger partial charge in [0.15, 0.2) is 0 Å². The molecule has 0 atom stereocenters. The second-order valence-corrected chi connectivity index (χ2v) is 4.00. The highest BCUT2D eigenvalue weighted by molar-refractivity contribution is 14.1. The van der Waals surface area contributed by atoms with Gasteiger partial charge in [0.1, 0.15) is 5.82 Å². The van der Waals surface area contributed by atoms with Gasteiger partial charge in [-0.2, -0.15) is 0 Å². The average molecular weight is 334 g/mol. The highest BCUT2D eigenvalue weighted by Crippen LogP contribution is 2.24. The largest absolute Gasteiger partial charge is 0.474 e. The summed E-state index contributed by atoms with van der Waals surface area (Å²) in [4.78, 5) is 10.5. The number of aromatic carboxylic acids is 1. The molecule has 0 unspecified atom stereocenters. The van der Waals surface area contributed by atoms with E-state index in [4.69, 9.17) is 9.52 Å². The zero-order valence-electron chi connectivity index (χ0n) is 7.65. The Labute approximate surface area is 102 Å². The van der Waals surface area contributed by atoms with Crippen molar-refractivity contribution in [2.45, 2.75) is 0 Å². The van der Waals surface area contributed by atoms with Crippen LogP contribution in [0.25, 0.3) is 11.5 Å². The molecule has 0 fully saturated rings. The Kier molecular flexibility index (Phi) is 2.86. The second-order valence-electron chi connectivity index (χ2n) is 2.84. The lowest BCUT2D eigenvalue weighted by Crippen LogP contribution is -1.95. The summed E-state index contributed by atoms with van der Waals surface area (Å²) in [5.41, 5.74) is 0.502. The predicted molar refractivity (Wildman–Crippen MR) is 59.4 cm³/mol. The molecule has 2 aromatic rings. The Morgan fingerprint density at radius 3 is 2.75 bits per heavy atom. The number of halogens is 2. The summed E-state index contributed by atoms with van der Waals surface area (Å²) in [6.45, 7) is 0. The van der Waals surface area contributed by atoms with E-state index < -0.39 is 11.9 Å². The van der Waals surface area contributed by atoms with E-state index in [0.29, 0.717) is 9.13 Å². The van der Waals surface area contributed by atoms with E-state index in [1.54, 1.807) is 0 Å². The van der Waals surface area contributed by atoms with Crippen molar-refractivity contribution in [2.24, 2.45) is 0 Å². The summed E-state index contributed by atoms with van der Waals surface area (Å²) < 4.78 is 18.3. The molecule has 1 N–H and O–H groups in total. The standard InChI is InChI=1S/C9H4FIN2O3/c10-4-1-2-5(6(11)3-4)7-12-13-8(16-7)9(14)15/h1-3H,(H,14,15). The number of carbonyl (C=O) groups is 1. The molecule has 2 rings (SSSR count). The lowest BCUT2D eigenvalue weighted by Gasteiger charge is -1.98. The molecule has 16 heavy (non-hydrogen) atoms. The topological polar surface area (TPSA) is 76.2 Å². The van der Waals surface area contributed by atoms with Gasteiger partial charge in [-0.25, -0.2) is 9.18 Å². The number of benzene rings is 1. The molecule has 0 saturated heterocycles. The fourth-order valence-corrected chi connectivity index (χ4v) is 1.79. The van der Waals surface area contributed by atoms with Crippen molar-refractivity contribution in [2.75, 3.05) is 0 Å². The maximum atomic E-state index is 12.8. The lowest BCUT2D eigenvalue weighted by atomic mass is 10.2. The fraction of sp³-hybridized carbons (Fsp3) is 0. The molecule has 7 heteroatoms. The zero-order valence-corrected chi connectivity index (χ0v) is 9.80. The third-order valence-electron chi connectivity index (χ3n) is 1.77. The van der Waals surface area contributed by atoms with Gasteiger partial charge in [-0.05, 0) is 40.8 Å². The number of rotatable bonds is 2. The van der Waals surface area contributed by atoms with E-state index in [0.717, 1.165) is 0 Å². The number of hydrogen-bond donors (Lipinski definition) is 1. The van der Waals surface area contributed by atoms with Crippen molar-refractivity contribution >= 4 is 28.6 Å². The minimum absolute atomic E-state index is 0.0572. The quantitative estimate of drug-likeness (QED) is 0.852. The second kappa shape index (κ2) is 4.16. The molecule has 0 spiro atoms. The molecule has 1 aromatic carbocycles. The van der Waals surface area contributed by atoms with Crippen molar-refractivity contribution < 1.29 is 18.7 Å². The van der Waals surface area contributed by atoms with E-state index in [1.807, 2.05) is 22.6 Å². The smallest absolute Gasteiger partial charge is 0.393 e. The number of carboxylic acid groups (broad SMARTS) is 1. The van der Waals surface area contributed by atoms with Gasteiger partial charge in [0, 0.05) is 3.57 Å². The Bertz CT molecular complexity index is 555. The van der Waals surface area contributed by atoms with E-state index >= 15 is 0 Å². The molecule has 0 aliphatic heterocycles. The van der Waals surface area contributed by atoms with Gasteiger partial charge >= 0.3 is 11.9 Å². The van der Waals surface area contributed by atoms with Gasteiger partial charge in [0.25, 0.3) is 0 Å². The predicted octanol–water partition coefficient (Wildman–Crippen LogP) is 2.18. The van der Waals surface area contributed by atoms with Crippen LogP contribution in [0.4, 0.5) is 4.39 Å². The molecule has 0 radical (unpaired) electrons. The summed E-state index contributed by atoms with van der Waals surface area (Å²) in [5, 5.41) is 15.5.